The summed E-state index contributed by atoms with van der Waals surface area (Å²) < 4.78 is 15.8. The third kappa shape index (κ3) is 4.93. The molecule has 0 aromatic heterocycles. The van der Waals surface area contributed by atoms with Crippen molar-refractivity contribution in [3.05, 3.63) is 60.2 Å². The van der Waals surface area contributed by atoms with Crippen LogP contribution in [0.4, 0.5) is 0 Å². The van der Waals surface area contributed by atoms with Crippen molar-refractivity contribution in [2.24, 2.45) is 0 Å². The van der Waals surface area contributed by atoms with Crippen molar-refractivity contribution in [3.63, 3.8) is 0 Å². The van der Waals surface area contributed by atoms with E-state index in [2.05, 4.69) is 0 Å². The van der Waals surface area contributed by atoms with Gasteiger partial charge < -0.3 is 14.2 Å². The highest BCUT2D eigenvalue weighted by atomic mass is 16.5. The maximum absolute atomic E-state index is 11.9. The third-order valence-electron chi connectivity index (χ3n) is 2.88. The minimum Gasteiger partial charge on any atom is -0.497 e. The first kappa shape index (κ1) is 15.1. The SMILES string of the molecule is COc1ccc(C(=O)COCCOc2ccccc2)cc1. The van der Waals surface area contributed by atoms with Crippen LogP contribution in [0.3, 0.4) is 0 Å². The molecule has 21 heavy (non-hydrogen) atoms. The number of carbonyl (C=O) groups is 1. The molecule has 0 saturated carbocycles. The summed E-state index contributed by atoms with van der Waals surface area (Å²) in [4.78, 5) is 11.9. The zero-order valence-corrected chi connectivity index (χ0v) is 12.0. The molecule has 0 radical (unpaired) electrons. The van der Waals surface area contributed by atoms with Crippen LogP contribution in [0.5, 0.6) is 11.5 Å². The van der Waals surface area contributed by atoms with E-state index in [1.165, 1.54) is 0 Å². The van der Waals surface area contributed by atoms with Crippen LogP contribution in [0.15, 0.2) is 54.6 Å². The van der Waals surface area contributed by atoms with E-state index < -0.39 is 0 Å². The summed E-state index contributed by atoms with van der Waals surface area (Å²) in [6.45, 7) is 0.834. The Kier molecular flexibility index (Phi) is 5.79. The van der Waals surface area contributed by atoms with E-state index in [1.54, 1.807) is 31.4 Å². The van der Waals surface area contributed by atoms with E-state index in [9.17, 15) is 4.79 Å². The highest BCUT2D eigenvalue weighted by Crippen LogP contribution is 2.12. The molecule has 2 aromatic rings. The normalized spacial score (nSPS) is 10.1. The highest BCUT2D eigenvalue weighted by molar-refractivity contribution is 5.97. The predicted molar refractivity (Wildman–Crippen MR) is 80.1 cm³/mol. The minimum atomic E-state index is -0.0580. The summed E-state index contributed by atoms with van der Waals surface area (Å²) in [5.74, 6) is 1.46. The molecule has 0 bridgehead atoms. The van der Waals surface area contributed by atoms with Gasteiger partial charge in [-0.3, -0.25) is 4.79 Å². The molecule has 0 aliphatic rings. The lowest BCUT2D eigenvalue weighted by Gasteiger charge is -2.07. The zero-order valence-electron chi connectivity index (χ0n) is 12.0. The standard InChI is InChI=1S/C17H18O4/c1-19-15-9-7-14(8-10-15)17(18)13-20-11-12-21-16-5-3-2-4-6-16/h2-10H,11-13H2,1H3. The Bertz CT molecular complexity index is 549. The molecular weight excluding hydrogens is 268 g/mol. The molecule has 2 rings (SSSR count). The van der Waals surface area contributed by atoms with E-state index in [4.69, 9.17) is 14.2 Å². The summed E-state index contributed by atoms with van der Waals surface area (Å²) in [7, 11) is 1.59. The highest BCUT2D eigenvalue weighted by Gasteiger charge is 2.06. The predicted octanol–water partition coefficient (Wildman–Crippen LogP) is 2.97. The van der Waals surface area contributed by atoms with Gasteiger partial charge in [0, 0.05) is 5.56 Å². The van der Waals surface area contributed by atoms with Gasteiger partial charge in [0.05, 0.1) is 13.7 Å². The van der Waals surface area contributed by atoms with Crippen LogP contribution in [-0.2, 0) is 4.74 Å². The fourth-order valence-corrected chi connectivity index (χ4v) is 1.76. The number of Topliss-reactive ketones (excluding diaryl/α,β-unsaturated/α-hetero) is 1. The summed E-state index contributed by atoms with van der Waals surface area (Å²) >= 11 is 0. The van der Waals surface area contributed by atoms with Gasteiger partial charge in [0.1, 0.15) is 24.7 Å². The minimum absolute atomic E-state index is 0.0461. The van der Waals surface area contributed by atoms with Gasteiger partial charge in [0.15, 0.2) is 5.78 Å². The number of para-hydroxylation sites is 1. The largest absolute Gasteiger partial charge is 0.497 e. The molecule has 0 unspecified atom stereocenters. The molecule has 0 saturated heterocycles. The number of methoxy groups -OCH3 is 1. The molecule has 0 amide bonds. The van der Waals surface area contributed by atoms with Crippen molar-refractivity contribution in [3.8, 4) is 11.5 Å². The van der Waals surface area contributed by atoms with Crippen LogP contribution in [-0.4, -0.2) is 32.7 Å². The van der Waals surface area contributed by atoms with Crippen molar-refractivity contribution in [1.29, 1.82) is 0 Å². The number of ether oxygens (including phenoxy) is 3. The fraction of sp³-hybridized carbons (Fsp3) is 0.235. The van der Waals surface area contributed by atoms with Gasteiger partial charge in [-0.05, 0) is 36.4 Å². The summed E-state index contributed by atoms with van der Waals surface area (Å²) in [5.41, 5.74) is 0.611. The van der Waals surface area contributed by atoms with Gasteiger partial charge >= 0.3 is 0 Å². The number of carbonyl (C=O) groups excluding carboxylic acids is 1. The topological polar surface area (TPSA) is 44.8 Å². The first-order valence-corrected chi connectivity index (χ1v) is 6.72. The smallest absolute Gasteiger partial charge is 0.188 e. The third-order valence-corrected chi connectivity index (χ3v) is 2.88. The Balaban J connectivity index is 1.67. The van der Waals surface area contributed by atoms with Gasteiger partial charge in [-0.2, -0.15) is 0 Å². The maximum Gasteiger partial charge on any atom is 0.188 e. The number of benzene rings is 2. The Morgan fingerprint density at radius 1 is 0.905 bits per heavy atom. The Morgan fingerprint density at radius 2 is 1.62 bits per heavy atom. The van der Waals surface area contributed by atoms with E-state index in [-0.39, 0.29) is 12.4 Å². The van der Waals surface area contributed by atoms with E-state index in [1.807, 2.05) is 30.3 Å². The quantitative estimate of drug-likeness (QED) is 0.553. The number of ketones is 1. The van der Waals surface area contributed by atoms with E-state index in [0.29, 0.717) is 18.8 Å². The first-order chi connectivity index (χ1) is 10.3. The number of hydrogen-bond donors (Lipinski definition) is 0. The van der Waals surface area contributed by atoms with Crippen LogP contribution in [0.1, 0.15) is 10.4 Å². The summed E-state index contributed by atoms with van der Waals surface area (Å²) in [6, 6.07) is 16.5. The number of hydrogen-bond acceptors (Lipinski definition) is 4. The molecule has 0 fully saturated rings. The fourth-order valence-electron chi connectivity index (χ4n) is 1.76. The Morgan fingerprint density at radius 3 is 2.29 bits per heavy atom. The van der Waals surface area contributed by atoms with Crippen molar-refractivity contribution >= 4 is 5.78 Å². The molecule has 0 aliphatic heterocycles. The molecular formula is C17H18O4. The van der Waals surface area contributed by atoms with Crippen molar-refractivity contribution in [1.82, 2.24) is 0 Å². The molecule has 4 heteroatoms. The second kappa shape index (κ2) is 8.07. The second-order valence-electron chi connectivity index (χ2n) is 4.37. The molecule has 110 valence electrons. The molecule has 0 N–H and O–H groups in total. The number of rotatable bonds is 8. The van der Waals surface area contributed by atoms with Gasteiger partial charge in [-0.15, -0.1) is 0 Å². The molecule has 2 aromatic carbocycles. The van der Waals surface area contributed by atoms with Crippen LogP contribution in [0, 0.1) is 0 Å². The molecule has 0 aliphatic carbocycles. The van der Waals surface area contributed by atoms with Crippen LogP contribution in [0.25, 0.3) is 0 Å². The first-order valence-electron chi connectivity index (χ1n) is 6.72. The van der Waals surface area contributed by atoms with Crippen molar-refractivity contribution in [2.45, 2.75) is 0 Å². The molecule has 0 atom stereocenters. The lowest BCUT2D eigenvalue weighted by molar-refractivity contribution is 0.0688. The molecule has 4 nitrogen and oxygen atoms in total. The lowest BCUT2D eigenvalue weighted by atomic mass is 10.1. The zero-order chi connectivity index (χ0) is 14.9. The average molecular weight is 286 g/mol. The van der Waals surface area contributed by atoms with Gasteiger partial charge in [0.25, 0.3) is 0 Å². The van der Waals surface area contributed by atoms with Crippen LogP contribution in [0.2, 0.25) is 0 Å². The van der Waals surface area contributed by atoms with Gasteiger partial charge in [-0.1, -0.05) is 18.2 Å². The molecule has 0 spiro atoms. The summed E-state index contributed by atoms with van der Waals surface area (Å²) in [6.07, 6.45) is 0. The van der Waals surface area contributed by atoms with Gasteiger partial charge in [-0.25, -0.2) is 0 Å². The van der Waals surface area contributed by atoms with Gasteiger partial charge in [0.2, 0.25) is 0 Å². The van der Waals surface area contributed by atoms with Crippen molar-refractivity contribution < 1.29 is 19.0 Å². The van der Waals surface area contributed by atoms with E-state index in [0.717, 1.165) is 11.5 Å². The van der Waals surface area contributed by atoms with Crippen LogP contribution >= 0.6 is 0 Å². The monoisotopic (exact) mass is 286 g/mol. The lowest BCUT2D eigenvalue weighted by Crippen LogP contribution is -2.13. The van der Waals surface area contributed by atoms with Crippen molar-refractivity contribution in [2.75, 3.05) is 26.9 Å². The maximum atomic E-state index is 11.9. The van der Waals surface area contributed by atoms with E-state index >= 15 is 0 Å². The van der Waals surface area contributed by atoms with Crippen LogP contribution < -0.4 is 9.47 Å². The second-order valence-corrected chi connectivity index (χ2v) is 4.37. The Hall–Kier alpha value is -2.33. The molecule has 0 heterocycles. The average Bonchev–Trinajstić information content (AvgIpc) is 2.55. The summed E-state index contributed by atoms with van der Waals surface area (Å²) in [5, 5.41) is 0. The Labute approximate surface area is 124 Å².